The van der Waals surface area contributed by atoms with Crippen LogP contribution in [0, 0.1) is 11.3 Å². The third-order valence-corrected chi connectivity index (χ3v) is 6.25. The molecule has 0 amide bonds. The Kier molecular flexibility index (Phi) is 4.38. The number of nitriles is 1. The van der Waals surface area contributed by atoms with Crippen LogP contribution >= 0.6 is 11.6 Å². The lowest BCUT2D eigenvalue weighted by Gasteiger charge is -2.27. The van der Waals surface area contributed by atoms with Gasteiger partial charge in [-0.3, -0.25) is 14.5 Å². The van der Waals surface area contributed by atoms with Crippen molar-refractivity contribution in [1.29, 1.82) is 5.26 Å². The molecule has 1 saturated heterocycles. The van der Waals surface area contributed by atoms with Crippen LogP contribution in [0.3, 0.4) is 0 Å². The lowest BCUT2D eigenvalue weighted by Crippen LogP contribution is -2.33. The van der Waals surface area contributed by atoms with Crippen molar-refractivity contribution < 1.29 is 0 Å². The van der Waals surface area contributed by atoms with Crippen LogP contribution in [0.1, 0.15) is 30.4 Å². The van der Waals surface area contributed by atoms with Crippen LogP contribution in [0.4, 0.5) is 5.82 Å². The van der Waals surface area contributed by atoms with Crippen LogP contribution in [0.25, 0.3) is 22.2 Å². The third kappa shape index (κ3) is 2.90. The summed E-state index contributed by atoms with van der Waals surface area (Å²) in [4.78, 5) is 24.4. The Morgan fingerprint density at radius 2 is 2.03 bits per heavy atom. The van der Waals surface area contributed by atoms with Crippen LogP contribution in [-0.2, 0) is 0 Å². The highest BCUT2D eigenvalue weighted by Gasteiger charge is 2.34. The van der Waals surface area contributed by atoms with Gasteiger partial charge in [-0.25, -0.2) is 14.5 Å². The van der Waals surface area contributed by atoms with E-state index in [1.54, 1.807) is 16.8 Å². The number of halogens is 1. The summed E-state index contributed by atoms with van der Waals surface area (Å²) in [7, 11) is 0. The monoisotopic (exact) mass is 457 g/mol. The van der Waals surface area contributed by atoms with Crippen molar-refractivity contribution in [2.24, 2.45) is 0 Å². The molecular weight excluding hydrogens is 442 g/mol. The maximum atomic E-state index is 13.6. The molecule has 1 fully saturated rings. The largest absolute Gasteiger partial charge is 0.346 e. The predicted octanol–water partition coefficient (Wildman–Crippen LogP) is 3.02. The number of H-pyrrole nitrogens is 1. The molecule has 1 unspecified atom stereocenters. The lowest BCUT2D eigenvalue weighted by atomic mass is 10.1. The minimum absolute atomic E-state index is 0.229. The van der Waals surface area contributed by atoms with Gasteiger partial charge in [-0.15, -0.1) is 0 Å². The zero-order valence-electron chi connectivity index (χ0n) is 17.2. The van der Waals surface area contributed by atoms with Crippen molar-refractivity contribution in [3.63, 3.8) is 0 Å². The Bertz CT molecular complexity index is 1610. The highest BCUT2D eigenvalue weighted by atomic mass is 35.5. The molecule has 162 valence electrons. The number of hydrogen-bond donors (Lipinski definition) is 1. The van der Waals surface area contributed by atoms with E-state index in [2.05, 4.69) is 31.1 Å². The van der Waals surface area contributed by atoms with Gasteiger partial charge in [0.05, 0.1) is 22.1 Å². The van der Waals surface area contributed by atoms with E-state index in [1.165, 1.54) is 10.8 Å². The Balaban J connectivity index is 1.61. The van der Waals surface area contributed by atoms with Crippen molar-refractivity contribution >= 4 is 34.0 Å². The van der Waals surface area contributed by atoms with Gasteiger partial charge in [-0.05, 0) is 31.0 Å². The van der Waals surface area contributed by atoms with E-state index in [4.69, 9.17) is 16.7 Å². The highest BCUT2D eigenvalue weighted by Crippen LogP contribution is 2.38. The van der Waals surface area contributed by atoms with Gasteiger partial charge in [0.25, 0.3) is 5.56 Å². The second-order valence-electron chi connectivity index (χ2n) is 7.75. The molecule has 1 atom stereocenters. The zero-order valence-corrected chi connectivity index (χ0v) is 17.9. The van der Waals surface area contributed by atoms with E-state index in [0.717, 1.165) is 12.8 Å². The Morgan fingerprint density at radius 1 is 1.18 bits per heavy atom. The minimum Gasteiger partial charge on any atom is -0.346 e. The van der Waals surface area contributed by atoms with Gasteiger partial charge in [0.1, 0.15) is 23.7 Å². The minimum atomic E-state index is -0.261. The molecule has 11 heteroatoms. The average molecular weight is 458 g/mol. The molecule has 0 radical (unpaired) electrons. The number of aromatic amines is 1. The number of para-hydroxylation sites is 1. The molecule has 1 aliphatic heterocycles. The topological polar surface area (TPSA) is 121 Å². The summed E-state index contributed by atoms with van der Waals surface area (Å²) < 4.78 is 3.15. The molecule has 0 bridgehead atoms. The predicted molar refractivity (Wildman–Crippen MR) is 122 cm³/mol. The standard InChI is InChI=1S/C22H16ClN9O/c23-14-8-10-31-18(14)22(33)32(13-5-2-1-3-6-13)20(29-31)16-7-4-9-30(16)21-17-15(11-24)27-28-19(17)25-12-26-21/h1-3,5-6,8,10,12,16H,4,7,9H2,(H,25,26,27,28). The van der Waals surface area contributed by atoms with Gasteiger partial charge in [0.15, 0.2) is 17.2 Å². The number of aromatic nitrogens is 7. The molecule has 33 heavy (non-hydrogen) atoms. The quantitative estimate of drug-likeness (QED) is 0.442. The fourth-order valence-corrected chi connectivity index (χ4v) is 4.74. The van der Waals surface area contributed by atoms with Crippen molar-refractivity contribution in [2.45, 2.75) is 18.9 Å². The third-order valence-electron chi connectivity index (χ3n) is 5.94. The van der Waals surface area contributed by atoms with E-state index in [9.17, 15) is 10.1 Å². The summed E-state index contributed by atoms with van der Waals surface area (Å²) in [5.74, 6) is 1.16. The van der Waals surface area contributed by atoms with E-state index < -0.39 is 0 Å². The summed E-state index contributed by atoms with van der Waals surface area (Å²) in [6.07, 6.45) is 4.75. The number of hydrogen-bond acceptors (Lipinski definition) is 7. The first-order valence-electron chi connectivity index (χ1n) is 10.4. The SMILES string of the molecule is N#Cc1n[nH]c2ncnc(N3CCCC3c3nn4ccc(Cl)c4c(=O)n3-c3ccccc3)c12. The van der Waals surface area contributed by atoms with E-state index in [-0.39, 0.29) is 17.3 Å². The summed E-state index contributed by atoms with van der Waals surface area (Å²) in [6.45, 7) is 0.683. The average Bonchev–Trinajstić information content (AvgIpc) is 3.57. The molecule has 5 heterocycles. The molecular formula is C22H16ClN9O. The molecule has 4 aromatic heterocycles. The Hall–Kier alpha value is -4.23. The maximum absolute atomic E-state index is 13.6. The van der Waals surface area contributed by atoms with Crippen LogP contribution < -0.4 is 10.5 Å². The maximum Gasteiger partial charge on any atom is 0.284 e. The van der Waals surface area contributed by atoms with E-state index >= 15 is 0 Å². The van der Waals surface area contributed by atoms with Crippen molar-refractivity contribution in [3.8, 4) is 11.8 Å². The van der Waals surface area contributed by atoms with Gasteiger partial charge < -0.3 is 4.90 Å². The fraction of sp³-hybridized carbons (Fsp3) is 0.182. The summed E-state index contributed by atoms with van der Waals surface area (Å²) in [5, 5.41) is 22.1. The molecule has 10 nitrogen and oxygen atoms in total. The number of fused-ring (bicyclic) bond motifs is 2. The van der Waals surface area contributed by atoms with Crippen LogP contribution in [-0.4, -0.2) is 40.9 Å². The van der Waals surface area contributed by atoms with Crippen molar-refractivity contribution in [3.05, 3.63) is 75.8 Å². The van der Waals surface area contributed by atoms with Crippen LogP contribution in [0.2, 0.25) is 5.02 Å². The second kappa shape index (κ2) is 7.43. The van der Waals surface area contributed by atoms with Gasteiger partial charge in [-0.1, -0.05) is 29.8 Å². The lowest BCUT2D eigenvalue weighted by molar-refractivity contribution is 0.602. The highest BCUT2D eigenvalue weighted by molar-refractivity contribution is 6.33. The second-order valence-corrected chi connectivity index (χ2v) is 8.15. The van der Waals surface area contributed by atoms with Crippen molar-refractivity contribution in [1.82, 2.24) is 34.3 Å². The first kappa shape index (κ1) is 19.5. The Labute approximate surface area is 191 Å². The molecule has 1 aliphatic rings. The fourth-order valence-electron chi connectivity index (χ4n) is 4.52. The number of anilines is 1. The Morgan fingerprint density at radius 3 is 2.85 bits per heavy atom. The molecule has 1 aromatic carbocycles. The molecule has 0 aliphatic carbocycles. The van der Waals surface area contributed by atoms with Gasteiger partial charge in [0.2, 0.25) is 0 Å². The number of rotatable bonds is 3. The molecule has 6 rings (SSSR count). The van der Waals surface area contributed by atoms with Crippen molar-refractivity contribution in [2.75, 3.05) is 11.4 Å². The molecule has 1 N–H and O–H groups in total. The van der Waals surface area contributed by atoms with E-state index in [0.29, 0.717) is 45.4 Å². The number of nitrogens with zero attached hydrogens (tertiary/aromatic N) is 8. The smallest absolute Gasteiger partial charge is 0.284 e. The zero-order chi connectivity index (χ0) is 22.5. The first-order chi connectivity index (χ1) is 16.2. The molecule has 0 spiro atoms. The van der Waals surface area contributed by atoms with E-state index in [1.807, 2.05) is 30.3 Å². The molecule has 0 saturated carbocycles. The summed E-state index contributed by atoms with van der Waals surface area (Å²) in [5.41, 5.74) is 1.49. The number of benzene rings is 1. The summed E-state index contributed by atoms with van der Waals surface area (Å²) in [6, 6.07) is 12.9. The van der Waals surface area contributed by atoms with Crippen LogP contribution in [0.15, 0.2) is 53.7 Å². The number of nitrogens with one attached hydrogen (secondary N) is 1. The molecule has 5 aromatic rings. The van der Waals surface area contributed by atoms with Gasteiger partial charge in [-0.2, -0.15) is 15.5 Å². The van der Waals surface area contributed by atoms with Gasteiger partial charge in [0, 0.05) is 12.7 Å². The van der Waals surface area contributed by atoms with Gasteiger partial charge >= 0.3 is 0 Å². The first-order valence-corrected chi connectivity index (χ1v) is 10.8. The van der Waals surface area contributed by atoms with Crippen LogP contribution in [0.5, 0.6) is 0 Å². The summed E-state index contributed by atoms with van der Waals surface area (Å²) >= 11 is 6.32. The normalized spacial score (nSPS) is 16.0.